The molecule has 0 spiro atoms. The Morgan fingerprint density at radius 2 is 1.93 bits per heavy atom. The second-order valence-corrected chi connectivity index (χ2v) is 2.43. The third kappa shape index (κ3) is 2.02. The fourth-order valence-corrected chi connectivity index (χ4v) is 0.812. The number of benzene rings is 1. The molecule has 0 unspecified atom stereocenters. The molecule has 0 fully saturated rings. The van der Waals surface area contributed by atoms with E-state index < -0.39 is 35.7 Å². The topological polar surface area (TPSA) is 49.3 Å². The minimum atomic E-state index is -1.67. The molecule has 1 rings (SSSR count). The van der Waals surface area contributed by atoms with Crippen LogP contribution >= 0.6 is 0 Å². The van der Waals surface area contributed by atoms with E-state index in [-0.39, 0.29) is 0 Å². The van der Waals surface area contributed by atoms with Crippen molar-refractivity contribution in [2.75, 3.05) is 11.9 Å². The van der Waals surface area contributed by atoms with E-state index in [1.165, 1.54) is 0 Å². The largest absolute Gasteiger partial charge is 0.387 e. The number of carbonyl (C=O) groups is 1. The fourth-order valence-electron chi connectivity index (χ4n) is 0.812. The van der Waals surface area contributed by atoms with Gasteiger partial charge in [-0.2, -0.15) is 0 Å². The molecule has 0 radical (unpaired) electrons. The maximum atomic E-state index is 12.8. The Morgan fingerprint density at radius 1 is 1.29 bits per heavy atom. The summed E-state index contributed by atoms with van der Waals surface area (Å²) in [5.74, 6) is -5.41. The number of aliphatic hydroxyl groups is 1. The molecular weight excluding hydrogens is 199 g/mol. The number of hydrogen-bond donors (Lipinski definition) is 2. The van der Waals surface area contributed by atoms with Crippen LogP contribution in [0.4, 0.5) is 18.9 Å². The highest BCUT2D eigenvalue weighted by atomic mass is 19.2. The van der Waals surface area contributed by atoms with Crippen LogP contribution in [0.2, 0.25) is 0 Å². The van der Waals surface area contributed by atoms with Crippen molar-refractivity contribution >= 4 is 11.6 Å². The van der Waals surface area contributed by atoms with Crippen LogP contribution in [0.5, 0.6) is 0 Å². The van der Waals surface area contributed by atoms with Gasteiger partial charge in [0.15, 0.2) is 17.5 Å². The minimum Gasteiger partial charge on any atom is -0.387 e. The van der Waals surface area contributed by atoms with Crippen LogP contribution in [0.15, 0.2) is 12.1 Å². The molecule has 1 aromatic rings. The molecule has 0 aliphatic carbocycles. The average Bonchev–Trinajstić information content (AvgIpc) is 2.19. The molecule has 2 N–H and O–H groups in total. The van der Waals surface area contributed by atoms with E-state index >= 15 is 0 Å². The smallest absolute Gasteiger partial charge is 0.250 e. The standard InChI is InChI=1S/C8H6F3NO2/c9-4-1-2-5(8(11)7(4)10)12-6(14)3-13/h1-2,13H,3H2,(H,12,14). The Balaban J connectivity index is 3.00. The van der Waals surface area contributed by atoms with E-state index in [0.717, 1.165) is 6.07 Å². The number of nitrogens with one attached hydrogen (secondary N) is 1. The van der Waals surface area contributed by atoms with Gasteiger partial charge in [-0.05, 0) is 12.1 Å². The maximum Gasteiger partial charge on any atom is 0.250 e. The van der Waals surface area contributed by atoms with Gasteiger partial charge in [0.2, 0.25) is 5.91 Å². The van der Waals surface area contributed by atoms with Gasteiger partial charge in [-0.1, -0.05) is 0 Å². The molecule has 0 aliphatic heterocycles. The number of hydrogen-bond acceptors (Lipinski definition) is 2. The van der Waals surface area contributed by atoms with Gasteiger partial charge in [0.25, 0.3) is 0 Å². The quantitative estimate of drug-likeness (QED) is 0.708. The van der Waals surface area contributed by atoms with Crippen LogP contribution in [0.25, 0.3) is 0 Å². The summed E-state index contributed by atoms with van der Waals surface area (Å²) in [4.78, 5) is 10.6. The molecule has 14 heavy (non-hydrogen) atoms. The number of anilines is 1. The Bertz CT molecular complexity index is 368. The van der Waals surface area contributed by atoms with E-state index in [9.17, 15) is 18.0 Å². The molecule has 6 heteroatoms. The van der Waals surface area contributed by atoms with Crippen molar-refractivity contribution in [3.8, 4) is 0 Å². The van der Waals surface area contributed by atoms with Gasteiger partial charge in [0.1, 0.15) is 6.61 Å². The summed E-state index contributed by atoms with van der Waals surface area (Å²) in [6.45, 7) is -0.863. The number of carbonyl (C=O) groups excluding carboxylic acids is 1. The number of amides is 1. The molecule has 0 heterocycles. The van der Waals surface area contributed by atoms with Crippen molar-refractivity contribution < 1.29 is 23.1 Å². The highest BCUT2D eigenvalue weighted by Crippen LogP contribution is 2.19. The number of halogens is 3. The summed E-state index contributed by atoms with van der Waals surface area (Å²) in [5, 5.41) is 10.2. The molecule has 0 atom stereocenters. The SMILES string of the molecule is O=C(CO)Nc1ccc(F)c(F)c1F. The highest BCUT2D eigenvalue weighted by molar-refractivity contribution is 5.91. The predicted octanol–water partition coefficient (Wildman–Crippen LogP) is 1.03. The lowest BCUT2D eigenvalue weighted by Gasteiger charge is -2.05. The Kier molecular flexibility index (Phi) is 3.08. The molecule has 0 bridgehead atoms. The Labute approximate surface area is 77.2 Å². The van der Waals surface area contributed by atoms with Crippen LogP contribution in [0.1, 0.15) is 0 Å². The fraction of sp³-hybridized carbons (Fsp3) is 0.125. The minimum absolute atomic E-state index is 0.511. The van der Waals surface area contributed by atoms with Crippen molar-refractivity contribution in [1.29, 1.82) is 0 Å². The lowest BCUT2D eigenvalue weighted by atomic mass is 10.3. The summed E-state index contributed by atoms with van der Waals surface area (Å²) in [5.41, 5.74) is -0.511. The highest BCUT2D eigenvalue weighted by Gasteiger charge is 2.14. The van der Waals surface area contributed by atoms with Gasteiger partial charge >= 0.3 is 0 Å². The van der Waals surface area contributed by atoms with Gasteiger partial charge in [-0.25, -0.2) is 13.2 Å². The van der Waals surface area contributed by atoms with Crippen molar-refractivity contribution in [3.63, 3.8) is 0 Å². The summed E-state index contributed by atoms with van der Waals surface area (Å²) >= 11 is 0. The van der Waals surface area contributed by atoms with Crippen LogP contribution in [-0.2, 0) is 4.79 Å². The van der Waals surface area contributed by atoms with Crippen molar-refractivity contribution in [3.05, 3.63) is 29.6 Å². The zero-order valence-corrected chi connectivity index (χ0v) is 6.85. The monoisotopic (exact) mass is 205 g/mol. The third-order valence-electron chi connectivity index (χ3n) is 1.45. The lowest BCUT2D eigenvalue weighted by molar-refractivity contribution is -0.118. The zero-order valence-electron chi connectivity index (χ0n) is 6.85. The van der Waals surface area contributed by atoms with Gasteiger partial charge in [0.05, 0.1) is 5.69 Å². The summed E-state index contributed by atoms with van der Waals surface area (Å²) in [6, 6.07) is 1.53. The summed E-state index contributed by atoms with van der Waals surface area (Å²) in [6.07, 6.45) is 0. The van der Waals surface area contributed by atoms with Crippen molar-refractivity contribution in [1.82, 2.24) is 0 Å². The van der Waals surface area contributed by atoms with Crippen LogP contribution in [0, 0.1) is 17.5 Å². The van der Waals surface area contributed by atoms with E-state index in [2.05, 4.69) is 0 Å². The number of rotatable bonds is 2. The van der Waals surface area contributed by atoms with Gasteiger partial charge in [-0.15, -0.1) is 0 Å². The molecule has 0 aromatic heterocycles. The first kappa shape index (κ1) is 10.5. The van der Waals surface area contributed by atoms with Gasteiger partial charge in [-0.3, -0.25) is 4.79 Å². The van der Waals surface area contributed by atoms with E-state index in [1.54, 1.807) is 0 Å². The third-order valence-corrected chi connectivity index (χ3v) is 1.45. The van der Waals surface area contributed by atoms with E-state index in [4.69, 9.17) is 5.11 Å². The molecule has 1 aromatic carbocycles. The van der Waals surface area contributed by atoms with Crippen LogP contribution < -0.4 is 5.32 Å². The van der Waals surface area contributed by atoms with E-state index in [0.29, 0.717) is 6.07 Å². The van der Waals surface area contributed by atoms with Crippen molar-refractivity contribution in [2.45, 2.75) is 0 Å². The second-order valence-electron chi connectivity index (χ2n) is 2.43. The lowest BCUT2D eigenvalue weighted by Crippen LogP contribution is -2.17. The van der Waals surface area contributed by atoms with Crippen LogP contribution in [0.3, 0.4) is 0 Å². The normalized spacial score (nSPS) is 10.0. The molecule has 76 valence electrons. The first-order valence-electron chi connectivity index (χ1n) is 3.60. The van der Waals surface area contributed by atoms with E-state index in [1.807, 2.05) is 5.32 Å². The summed E-state index contributed by atoms with van der Waals surface area (Å²) in [7, 11) is 0. The van der Waals surface area contributed by atoms with Crippen molar-refractivity contribution in [2.24, 2.45) is 0 Å². The molecular formula is C8H6F3NO2. The molecule has 0 saturated heterocycles. The first-order chi connectivity index (χ1) is 6.56. The molecule has 1 amide bonds. The average molecular weight is 205 g/mol. The predicted molar refractivity (Wildman–Crippen MR) is 42.0 cm³/mol. The first-order valence-corrected chi connectivity index (χ1v) is 3.60. The second kappa shape index (κ2) is 4.10. The van der Waals surface area contributed by atoms with Gasteiger partial charge < -0.3 is 10.4 Å². The number of aliphatic hydroxyl groups excluding tert-OH is 1. The molecule has 0 saturated carbocycles. The van der Waals surface area contributed by atoms with Crippen LogP contribution in [-0.4, -0.2) is 17.6 Å². The Hall–Kier alpha value is -1.56. The maximum absolute atomic E-state index is 12.8. The molecule has 0 aliphatic rings. The zero-order chi connectivity index (χ0) is 10.7. The van der Waals surface area contributed by atoms with Gasteiger partial charge in [0, 0.05) is 0 Å². The molecule has 3 nitrogen and oxygen atoms in total. The summed E-state index contributed by atoms with van der Waals surface area (Å²) < 4.78 is 37.8. The Morgan fingerprint density at radius 3 is 2.50 bits per heavy atom.